The molecule has 1 aliphatic rings. The number of carbonyl (C=O) groups is 1. The summed E-state index contributed by atoms with van der Waals surface area (Å²) in [6.07, 6.45) is 0.935. The molecule has 1 heterocycles. The van der Waals surface area contributed by atoms with E-state index in [1.165, 1.54) is 12.1 Å². The van der Waals surface area contributed by atoms with Crippen LogP contribution in [0, 0.1) is 0 Å². The number of nitrogens with one attached hydrogen (secondary N) is 3. The number of halogens is 2. The summed E-state index contributed by atoms with van der Waals surface area (Å²) in [6.45, 7) is 1.60. The van der Waals surface area contributed by atoms with Crippen molar-refractivity contribution in [2.24, 2.45) is 0 Å². The summed E-state index contributed by atoms with van der Waals surface area (Å²) in [5.41, 5.74) is 0. The zero-order chi connectivity index (χ0) is 16.2. The van der Waals surface area contributed by atoms with Crippen LogP contribution in [0.1, 0.15) is 12.8 Å². The monoisotopic (exact) mass is 365 g/mol. The van der Waals surface area contributed by atoms with Crippen LogP contribution in [0.2, 0.25) is 10.0 Å². The highest BCUT2D eigenvalue weighted by atomic mass is 35.5. The van der Waals surface area contributed by atoms with Crippen LogP contribution in [0.3, 0.4) is 0 Å². The van der Waals surface area contributed by atoms with Gasteiger partial charge in [0.15, 0.2) is 0 Å². The largest absolute Gasteiger partial charge is 0.352 e. The van der Waals surface area contributed by atoms with Crippen LogP contribution in [-0.4, -0.2) is 40.0 Å². The van der Waals surface area contributed by atoms with Crippen molar-refractivity contribution >= 4 is 39.1 Å². The Hall–Kier alpha value is -0.860. The second kappa shape index (κ2) is 7.61. The van der Waals surface area contributed by atoms with Gasteiger partial charge in [-0.15, -0.1) is 0 Å². The van der Waals surface area contributed by atoms with Gasteiger partial charge >= 0.3 is 0 Å². The summed E-state index contributed by atoms with van der Waals surface area (Å²) < 4.78 is 26.7. The van der Waals surface area contributed by atoms with Crippen molar-refractivity contribution in [2.45, 2.75) is 23.8 Å². The Morgan fingerprint density at radius 1 is 1.32 bits per heavy atom. The fourth-order valence-electron chi connectivity index (χ4n) is 2.19. The molecular formula is C13H17Cl2N3O3S. The van der Waals surface area contributed by atoms with Crippen LogP contribution in [0.25, 0.3) is 0 Å². The number of sulfonamides is 1. The molecule has 1 fully saturated rings. The Balaban J connectivity index is 1.88. The van der Waals surface area contributed by atoms with Gasteiger partial charge in [-0.25, -0.2) is 13.1 Å². The number of rotatable bonds is 6. The quantitative estimate of drug-likeness (QED) is 0.705. The Bertz CT molecular complexity index is 626. The van der Waals surface area contributed by atoms with E-state index in [0.29, 0.717) is 0 Å². The molecule has 9 heteroatoms. The summed E-state index contributed by atoms with van der Waals surface area (Å²) in [6, 6.07) is 4.57. The minimum absolute atomic E-state index is 0.0180. The molecule has 0 aromatic heterocycles. The van der Waals surface area contributed by atoms with E-state index in [1.54, 1.807) is 6.07 Å². The van der Waals surface area contributed by atoms with Crippen LogP contribution in [0.5, 0.6) is 0 Å². The highest BCUT2D eigenvalue weighted by Crippen LogP contribution is 2.28. The molecule has 122 valence electrons. The molecule has 1 unspecified atom stereocenters. The van der Waals surface area contributed by atoms with Crippen molar-refractivity contribution < 1.29 is 13.2 Å². The van der Waals surface area contributed by atoms with Crippen LogP contribution in [0.15, 0.2) is 23.1 Å². The molecule has 0 bridgehead atoms. The summed E-state index contributed by atoms with van der Waals surface area (Å²) in [7, 11) is -3.85. The number of hydrogen-bond acceptors (Lipinski definition) is 4. The maximum absolute atomic E-state index is 12.2. The summed E-state index contributed by atoms with van der Waals surface area (Å²) >= 11 is 11.8. The van der Waals surface area contributed by atoms with E-state index in [2.05, 4.69) is 15.4 Å². The fraction of sp³-hybridized carbons (Fsp3) is 0.462. The Morgan fingerprint density at radius 2 is 2.00 bits per heavy atom. The van der Waals surface area contributed by atoms with Crippen molar-refractivity contribution in [2.75, 3.05) is 19.6 Å². The smallest absolute Gasteiger partial charge is 0.243 e. The highest BCUT2D eigenvalue weighted by Gasteiger charge is 2.22. The van der Waals surface area contributed by atoms with E-state index >= 15 is 0 Å². The van der Waals surface area contributed by atoms with Crippen LogP contribution in [-0.2, 0) is 14.8 Å². The van der Waals surface area contributed by atoms with Crippen molar-refractivity contribution in [3.63, 3.8) is 0 Å². The van der Waals surface area contributed by atoms with Crippen LogP contribution >= 0.6 is 23.2 Å². The molecule has 22 heavy (non-hydrogen) atoms. The van der Waals surface area contributed by atoms with E-state index < -0.39 is 10.0 Å². The second-order valence-electron chi connectivity index (χ2n) is 4.96. The minimum Gasteiger partial charge on any atom is -0.352 e. The van der Waals surface area contributed by atoms with Crippen molar-refractivity contribution in [1.82, 2.24) is 15.4 Å². The van der Waals surface area contributed by atoms with E-state index in [-0.39, 0.29) is 39.9 Å². The molecule has 0 aliphatic carbocycles. The van der Waals surface area contributed by atoms with Crippen LogP contribution in [0.4, 0.5) is 0 Å². The fourth-order valence-corrected chi connectivity index (χ4v) is 4.36. The summed E-state index contributed by atoms with van der Waals surface area (Å²) in [5.74, 6) is -0.193. The standard InChI is InChI=1S/C13H17Cl2N3O3S/c14-10-2-1-3-11(15)13(10)22(20,21)17-7-5-12(19)18-9-4-6-16-8-9/h1-3,9,16-17H,4-8H2,(H,18,19). The molecule has 0 radical (unpaired) electrons. The molecule has 1 amide bonds. The van der Waals surface area contributed by atoms with Gasteiger partial charge in [0, 0.05) is 25.6 Å². The van der Waals surface area contributed by atoms with E-state index in [0.717, 1.165) is 19.5 Å². The molecule has 1 aromatic rings. The SMILES string of the molecule is O=C(CCNS(=O)(=O)c1c(Cl)cccc1Cl)NC1CCNC1. The average Bonchev–Trinajstić information content (AvgIpc) is 2.90. The summed E-state index contributed by atoms with van der Waals surface area (Å²) in [5, 5.41) is 6.06. The molecule has 1 aliphatic heterocycles. The first kappa shape index (κ1) is 17.5. The molecule has 1 aromatic carbocycles. The molecular weight excluding hydrogens is 349 g/mol. The zero-order valence-electron chi connectivity index (χ0n) is 11.7. The van der Waals surface area contributed by atoms with Gasteiger partial charge in [0.1, 0.15) is 4.90 Å². The van der Waals surface area contributed by atoms with E-state index in [9.17, 15) is 13.2 Å². The zero-order valence-corrected chi connectivity index (χ0v) is 14.1. The normalized spacial score (nSPS) is 18.4. The number of benzene rings is 1. The van der Waals surface area contributed by atoms with Crippen molar-refractivity contribution in [3.05, 3.63) is 28.2 Å². The lowest BCUT2D eigenvalue weighted by atomic mass is 10.2. The minimum atomic E-state index is -3.85. The molecule has 6 nitrogen and oxygen atoms in total. The van der Waals surface area contributed by atoms with Gasteiger partial charge in [-0.2, -0.15) is 0 Å². The first-order chi connectivity index (χ1) is 10.4. The number of carbonyl (C=O) groups excluding carboxylic acids is 1. The third kappa shape index (κ3) is 4.57. The van der Waals surface area contributed by atoms with E-state index in [1.807, 2.05) is 0 Å². The molecule has 3 N–H and O–H groups in total. The van der Waals surface area contributed by atoms with Gasteiger partial charge in [-0.1, -0.05) is 29.3 Å². The maximum Gasteiger partial charge on any atom is 0.243 e. The van der Waals surface area contributed by atoms with Gasteiger partial charge in [-0.05, 0) is 25.1 Å². The lowest BCUT2D eigenvalue weighted by Crippen LogP contribution is -2.38. The molecule has 1 saturated heterocycles. The van der Waals surface area contributed by atoms with E-state index in [4.69, 9.17) is 23.2 Å². The van der Waals surface area contributed by atoms with Gasteiger partial charge < -0.3 is 10.6 Å². The molecule has 0 spiro atoms. The third-order valence-corrected chi connectivity index (χ3v) is 5.67. The topological polar surface area (TPSA) is 87.3 Å². The van der Waals surface area contributed by atoms with Crippen molar-refractivity contribution in [3.8, 4) is 0 Å². The number of hydrogen-bond donors (Lipinski definition) is 3. The molecule has 2 rings (SSSR count). The predicted molar refractivity (Wildman–Crippen MR) is 85.7 cm³/mol. The maximum atomic E-state index is 12.2. The van der Waals surface area contributed by atoms with Crippen molar-refractivity contribution in [1.29, 1.82) is 0 Å². The average molecular weight is 366 g/mol. The molecule has 1 atom stereocenters. The second-order valence-corrected chi connectivity index (χ2v) is 7.47. The highest BCUT2D eigenvalue weighted by molar-refractivity contribution is 7.89. The first-order valence-electron chi connectivity index (χ1n) is 6.84. The first-order valence-corrected chi connectivity index (χ1v) is 9.08. The Kier molecular flexibility index (Phi) is 6.05. The molecule has 0 saturated carbocycles. The lowest BCUT2D eigenvalue weighted by molar-refractivity contribution is -0.121. The van der Waals surface area contributed by atoms with Gasteiger partial charge in [0.25, 0.3) is 0 Å². The lowest BCUT2D eigenvalue weighted by Gasteiger charge is -2.12. The van der Waals surface area contributed by atoms with Crippen LogP contribution < -0.4 is 15.4 Å². The van der Waals surface area contributed by atoms with Gasteiger partial charge in [-0.3, -0.25) is 4.79 Å². The number of amides is 1. The Morgan fingerprint density at radius 3 is 2.59 bits per heavy atom. The third-order valence-electron chi connectivity index (χ3n) is 3.26. The van der Waals surface area contributed by atoms with Gasteiger partial charge in [0.2, 0.25) is 15.9 Å². The predicted octanol–water partition coefficient (Wildman–Crippen LogP) is 1.14. The summed E-state index contributed by atoms with van der Waals surface area (Å²) in [4.78, 5) is 11.6. The van der Waals surface area contributed by atoms with Gasteiger partial charge in [0.05, 0.1) is 10.0 Å². The Labute approximate surface area is 139 Å².